The van der Waals surface area contributed by atoms with E-state index in [1.807, 2.05) is 6.07 Å². The van der Waals surface area contributed by atoms with Gasteiger partial charge in [0.15, 0.2) is 4.77 Å². The number of aryl methyl sites for hydroxylation is 1. The van der Waals surface area contributed by atoms with Crippen LogP contribution in [0.25, 0.3) is 11.3 Å². The van der Waals surface area contributed by atoms with Gasteiger partial charge in [0.25, 0.3) is 0 Å². The normalized spacial score (nSPS) is 10.3. The van der Waals surface area contributed by atoms with Crippen molar-refractivity contribution in [2.45, 2.75) is 19.8 Å². The first-order valence-corrected chi connectivity index (χ1v) is 5.85. The van der Waals surface area contributed by atoms with Crippen molar-refractivity contribution in [3.63, 3.8) is 0 Å². The van der Waals surface area contributed by atoms with Crippen LogP contribution in [0.5, 0.6) is 0 Å². The van der Waals surface area contributed by atoms with Crippen LogP contribution in [0.4, 0.5) is 0 Å². The molecule has 0 aliphatic heterocycles. The van der Waals surface area contributed by atoms with Gasteiger partial charge in [0.2, 0.25) is 0 Å². The Kier molecular flexibility index (Phi) is 3.47. The van der Waals surface area contributed by atoms with E-state index in [4.69, 9.17) is 12.2 Å². The molecule has 0 saturated heterocycles. The average molecular weight is 230 g/mol. The Morgan fingerprint density at radius 2 is 2.19 bits per heavy atom. The third-order valence-corrected chi connectivity index (χ3v) is 2.66. The maximum atomic E-state index is 5.02. The SMILES string of the molecule is CCCc1cccc(-c2ccnc(=S)[nH]2)c1. The summed E-state index contributed by atoms with van der Waals surface area (Å²) in [5.74, 6) is 0. The third-order valence-electron chi connectivity index (χ3n) is 2.45. The number of nitrogens with one attached hydrogen (secondary N) is 1. The molecule has 2 nitrogen and oxygen atoms in total. The van der Waals surface area contributed by atoms with Crippen LogP contribution in [0.3, 0.4) is 0 Å². The lowest BCUT2D eigenvalue weighted by molar-refractivity contribution is 0.922. The molecule has 0 fully saturated rings. The highest BCUT2D eigenvalue weighted by atomic mass is 32.1. The average Bonchev–Trinajstić information content (AvgIpc) is 2.30. The van der Waals surface area contributed by atoms with Crippen LogP contribution < -0.4 is 0 Å². The van der Waals surface area contributed by atoms with Crippen molar-refractivity contribution in [2.24, 2.45) is 0 Å². The number of rotatable bonds is 3. The molecule has 1 heterocycles. The number of hydrogen-bond donors (Lipinski definition) is 1. The molecule has 2 aromatic rings. The van der Waals surface area contributed by atoms with E-state index in [-0.39, 0.29) is 0 Å². The fourth-order valence-electron chi connectivity index (χ4n) is 1.72. The van der Waals surface area contributed by atoms with Gasteiger partial charge in [-0.2, -0.15) is 0 Å². The predicted octanol–water partition coefficient (Wildman–Crippen LogP) is 3.76. The molecule has 1 aromatic carbocycles. The maximum Gasteiger partial charge on any atom is 0.197 e. The molecule has 2 rings (SSSR count). The molecule has 0 amide bonds. The lowest BCUT2D eigenvalue weighted by Gasteiger charge is -2.04. The quantitative estimate of drug-likeness (QED) is 0.813. The van der Waals surface area contributed by atoms with E-state index < -0.39 is 0 Å². The summed E-state index contributed by atoms with van der Waals surface area (Å²) >= 11 is 5.02. The third kappa shape index (κ3) is 2.55. The van der Waals surface area contributed by atoms with Crippen molar-refractivity contribution in [2.75, 3.05) is 0 Å². The van der Waals surface area contributed by atoms with Crippen molar-refractivity contribution in [1.82, 2.24) is 9.97 Å². The lowest BCUT2D eigenvalue weighted by atomic mass is 10.0. The second kappa shape index (κ2) is 5.03. The van der Waals surface area contributed by atoms with E-state index in [1.54, 1.807) is 6.20 Å². The molecule has 82 valence electrons. The number of aromatic nitrogens is 2. The van der Waals surface area contributed by atoms with Gasteiger partial charge in [0, 0.05) is 11.9 Å². The Labute approximate surface area is 100 Å². The van der Waals surface area contributed by atoms with Crippen molar-refractivity contribution < 1.29 is 0 Å². The summed E-state index contributed by atoms with van der Waals surface area (Å²) in [6.45, 7) is 2.19. The Morgan fingerprint density at radius 3 is 2.94 bits per heavy atom. The van der Waals surface area contributed by atoms with E-state index in [1.165, 1.54) is 11.1 Å². The topological polar surface area (TPSA) is 28.7 Å². The first-order valence-electron chi connectivity index (χ1n) is 5.44. The van der Waals surface area contributed by atoms with Crippen LogP contribution in [0, 0.1) is 4.77 Å². The van der Waals surface area contributed by atoms with Crippen LogP contribution in [0.2, 0.25) is 0 Å². The van der Waals surface area contributed by atoms with Gasteiger partial charge in [0.1, 0.15) is 0 Å². The van der Waals surface area contributed by atoms with Gasteiger partial charge in [-0.1, -0.05) is 31.5 Å². The Bertz CT molecular complexity index is 531. The van der Waals surface area contributed by atoms with Crippen LogP contribution in [-0.2, 0) is 6.42 Å². The molecule has 0 bridgehead atoms. The molecule has 3 heteroatoms. The summed E-state index contributed by atoms with van der Waals surface area (Å²) in [7, 11) is 0. The van der Waals surface area contributed by atoms with E-state index in [2.05, 4.69) is 41.2 Å². The standard InChI is InChI=1S/C13H14N2S/c1-2-4-10-5-3-6-11(9-10)12-7-8-14-13(16)15-12/h3,5-9H,2,4H2,1H3,(H,14,15,16). The molecule has 0 radical (unpaired) electrons. The van der Waals surface area contributed by atoms with Crippen LogP contribution in [-0.4, -0.2) is 9.97 Å². The lowest BCUT2D eigenvalue weighted by Crippen LogP contribution is -1.88. The van der Waals surface area contributed by atoms with Gasteiger partial charge >= 0.3 is 0 Å². The van der Waals surface area contributed by atoms with Gasteiger partial charge in [0.05, 0.1) is 0 Å². The number of hydrogen-bond acceptors (Lipinski definition) is 2. The summed E-state index contributed by atoms with van der Waals surface area (Å²) < 4.78 is 0.526. The fraction of sp³-hybridized carbons (Fsp3) is 0.231. The highest BCUT2D eigenvalue weighted by molar-refractivity contribution is 7.71. The van der Waals surface area contributed by atoms with E-state index in [0.29, 0.717) is 4.77 Å². The molecule has 0 aliphatic rings. The van der Waals surface area contributed by atoms with Crippen LogP contribution >= 0.6 is 12.2 Å². The fourth-order valence-corrected chi connectivity index (χ4v) is 1.89. The van der Waals surface area contributed by atoms with Gasteiger partial charge in [-0.3, -0.25) is 0 Å². The van der Waals surface area contributed by atoms with Gasteiger partial charge < -0.3 is 4.98 Å². The number of H-pyrrole nitrogens is 1. The highest BCUT2D eigenvalue weighted by Gasteiger charge is 1.99. The second-order valence-corrected chi connectivity index (χ2v) is 4.13. The summed E-state index contributed by atoms with van der Waals surface area (Å²) in [5.41, 5.74) is 3.55. The summed E-state index contributed by atoms with van der Waals surface area (Å²) in [6, 6.07) is 10.5. The zero-order valence-corrected chi connectivity index (χ0v) is 10.1. The van der Waals surface area contributed by atoms with Crippen molar-refractivity contribution in [3.8, 4) is 11.3 Å². The summed E-state index contributed by atoms with van der Waals surface area (Å²) in [5, 5.41) is 0. The summed E-state index contributed by atoms with van der Waals surface area (Å²) in [6.07, 6.45) is 4.01. The second-order valence-electron chi connectivity index (χ2n) is 3.74. The minimum atomic E-state index is 0.526. The predicted molar refractivity (Wildman–Crippen MR) is 68.9 cm³/mol. The van der Waals surface area contributed by atoms with Crippen molar-refractivity contribution >= 4 is 12.2 Å². The van der Waals surface area contributed by atoms with E-state index in [9.17, 15) is 0 Å². The van der Waals surface area contributed by atoms with E-state index in [0.717, 1.165) is 18.5 Å². The maximum absolute atomic E-state index is 5.02. The Hall–Kier alpha value is -1.48. The molecular formula is C13H14N2S. The van der Waals surface area contributed by atoms with Crippen LogP contribution in [0.15, 0.2) is 36.5 Å². The van der Waals surface area contributed by atoms with Crippen molar-refractivity contribution in [1.29, 1.82) is 0 Å². The largest absolute Gasteiger partial charge is 0.330 e. The molecule has 0 saturated carbocycles. The molecule has 1 N–H and O–H groups in total. The van der Waals surface area contributed by atoms with Crippen molar-refractivity contribution in [3.05, 3.63) is 46.9 Å². The number of aromatic amines is 1. The number of benzene rings is 1. The molecule has 0 spiro atoms. The van der Waals surface area contributed by atoms with E-state index >= 15 is 0 Å². The van der Waals surface area contributed by atoms with Gasteiger partial charge in [-0.15, -0.1) is 0 Å². The van der Waals surface area contributed by atoms with Crippen LogP contribution in [0.1, 0.15) is 18.9 Å². The Morgan fingerprint density at radius 1 is 1.31 bits per heavy atom. The zero-order valence-electron chi connectivity index (χ0n) is 9.23. The minimum absolute atomic E-state index is 0.526. The minimum Gasteiger partial charge on any atom is -0.330 e. The monoisotopic (exact) mass is 230 g/mol. The number of nitrogens with zero attached hydrogens (tertiary/aromatic N) is 1. The molecule has 16 heavy (non-hydrogen) atoms. The first-order chi connectivity index (χ1) is 7.79. The van der Waals surface area contributed by atoms with Gasteiger partial charge in [-0.05, 0) is 41.9 Å². The zero-order chi connectivity index (χ0) is 11.4. The molecule has 1 aromatic heterocycles. The summed E-state index contributed by atoms with van der Waals surface area (Å²) in [4.78, 5) is 7.08. The molecule has 0 aliphatic carbocycles. The Balaban J connectivity index is 2.40. The molecule has 0 unspecified atom stereocenters. The molecule has 0 atom stereocenters. The van der Waals surface area contributed by atoms with Gasteiger partial charge in [-0.25, -0.2) is 4.98 Å². The smallest absolute Gasteiger partial charge is 0.197 e. The highest BCUT2D eigenvalue weighted by Crippen LogP contribution is 2.18. The first kappa shape index (κ1) is 11.0. The molecular weight excluding hydrogens is 216 g/mol.